The second-order valence-electron chi connectivity index (χ2n) is 5.72. The fourth-order valence-electron chi connectivity index (χ4n) is 2.08. The highest BCUT2D eigenvalue weighted by molar-refractivity contribution is 5.94. The van der Waals surface area contributed by atoms with Gasteiger partial charge in [-0.05, 0) is 49.2 Å². The summed E-state index contributed by atoms with van der Waals surface area (Å²) in [6.07, 6.45) is 3.60. The lowest BCUT2D eigenvalue weighted by atomic mass is 10.1. The molecule has 0 spiro atoms. The highest BCUT2D eigenvalue weighted by Gasteiger charge is 2.33. The Morgan fingerprint density at radius 1 is 1.21 bits per heavy atom. The van der Waals surface area contributed by atoms with Crippen LogP contribution in [0.4, 0.5) is 8.78 Å². The minimum atomic E-state index is -3.22. The number of nitrogens with one attached hydrogen (secondary N) is 1. The van der Waals surface area contributed by atoms with Crippen molar-refractivity contribution in [1.29, 1.82) is 0 Å². The zero-order valence-corrected chi connectivity index (χ0v) is 12.9. The maximum atomic E-state index is 14.0. The monoisotopic (exact) mass is 326 g/mol. The van der Waals surface area contributed by atoms with E-state index in [9.17, 15) is 13.6 Å². The number of benzene rings is 1. The topological polar surface area (TPSA) is 42.0 Å². The van der Waals surface area contributed by atoms with Crippen LogP contribution in [0.1, 0.15) is 34.5 Å². The van der Waals surface area contributed by atoms with Gasteiger partial charge < -0.3 is 5.32 Å². The second kappa shape index (κ2) is 6.79. The van der Waals surface area contributed by atoms with Gasteiger partial charge in [0.25, 0.3) is 5.91 Å². The van der Waals surface area contributed by atoms with Gasteiger partial charge in [0.05, 0.1) is 6.54 Å². The van der Waals surface area contributed by atoms with Crippen LogP contribution in [0.2, 0.25) is 0 Å². The molecule has 1 aliphatic carbocycles. The Balaban J connectivity index is 1.59. The van der Waals surface area contributed by atoms with Crippen molar-refractivity contribution in [3.8, 4) is 11.8 Å². The molecule has 0 aliphatic heterocycles. The lowest BCUT2D eigenvalue weighted by Crippen LogP contribution is -2.35. The Labute approximate surface area is 139 Å². The van der Waals surface area contributed by atoms with E-state index in [1.807, 2.05) is 0 Å². The summed E-state index contributed by atoms with van der Waals surface area (Å²) in [5.74, 6) is 2.91. The first-order chi connectivity index (χ1) is 11.5. The normalized spacial score (nSPS) is 13.8. The van der Waals surface area contributed by atoms with E-state index in [1.54, 1.807) is 30.3 Å². The summed E-state index contributed by atoms with van der Waals surface area (Å²) in [5.41, 5.74) is 0.775. The lowest BCUT2D eigenvalue weighted by molar-refractivity contribution is -0.00675. The van der Waals surface area contributed by atoms with Crippen LogP contribution in [0.15, 0.2) is 48.7 Å². The number of aromatic nitrogens is 1. The van der Waals surface area contributed by atoms with Crippen LogP contribution in [0.25, 0.3) is 0 Å². The van der Waals surface area contributed by atoms with Gasteiger partial charge in [-0.15, -0.1) is 0 Å². The first-order valence-electron chi connectivity index (χ1n) is 7.74. The molecule has 1 aromatic heterocycles. The number of halogens is 2. The quantitative estimate of drug-likeness (QED) is 0.876. The molecule has 2 aromatic rings. The lowest BCUT2D eigenvalue weighted by Gasteiger charge is -2.16. The number of amides is 1. The summed E-state index contributed by atoms with van der Waals surface area (Å²) >= 11 is 0. The fourth-order valence-corrected chi connectivity index (χ4v) is 2.08. The van der Waals surface area contributed by atoms with E-state index in [0.717, 1.165) is 18.4 Å². The van der Waals surface area contributed by atoms with Crippen molar-refractivity contribution < 1.29 is 13.6 Å². The van der Waals surface area contributed by atoms with Crippen molar-refractivity contribution in [2.75, 3.05) is 6.54 Å². The zero-order valence-electron chi connectivity index (χ0n) is 12.9. The zero-order chi connectivity index (χ0) is 17.0. The van der Waals surface area contributed by atoms with Gasteiger partial charge in [-0.25, -0.2) is 0 Å². The van der Waals surface area contributed by atoms with Gasteiger partial charge in [0.2, 0.25) is 0 Å². The van der Waals surface area contributed by atoms with Crippen molar-refractivity contribution in [2.45, 2.75) is 18.8 Å². The molecule has 0 radical (unpaired) electrons. The Morgan fingerprint density at radius 3 is 2.58 bits per heavy atom. The number of hydrogen-bond donors (Lipinski definition) is 1. The first kappa shape index (κ1) is 16.1. The van der Waals surface area contributed by atoms with E-state index < -0.39 is 18.4 Å². The predicted octanol–water partition coefficient (Wildman–Crippen LogP) is 3.36. The molecule has 0 atom stereocenters. The van der Waals surface area contributed by atoms with Gasteiger partial charge in [0, 0.05) is 23.2 Å². The third-order valence-corrected chi connectivity index (χ3v) is 3.66. The van der Waals surface area contributed by atoms with Crippen LogP contribution in [-0.2, 0) is 5.92 Å². The van der Waals surface area contributed by atoms with Crippen molar-refractivity contribution in [2.24, 2.45) is 5.92 Å². The average Bonchev–Trinajstić information content (AvgIpc) is 3.44. The minimum Gasteiger partial charge on any atom is -0.346 e. The molecule has 3 nitrogen and oxygen atoms in total. The van der Waals surface area contributed by atoms with E-state index in [1.165, 1.54) is 18.3 Å². The van der Waals surface area contributed by atoms with Crippen LogP contribution in [-0.4, -0.2) is 17.4 Å². The van der Waals surface area contributed by atoms with E-state index in [2.05, 4.69) is 22.1 Å². The summed E-state index contributed by atoms with van der Waals surface area (Å²) in [5, 5.41) is 2.25. The molecule has 5 heteroatoms. The Bertz CT molecular complexity index is 773. The number of pyridine rings is 1. The van der Waals surface area contributed by atoms with Gasteiger partial charge in [-0.3, -0.25) is 9.78 Å². The minimum absolute atomic E-state index is 0.323. The number of rotatable bonds is 4. The maximum Gasteiger partial charge on any atom is 0.306 e. The molecule has 1 aliphatic rings. The standard InChI is InChI=1S/C19H16F2N2O/c20-19(21,17-3-1-2-12-22-17)13-23-18(24)16-10-8-15(9-11-16)7-6-14-4-5-14/h1-3,8-12,14H,4-5,13H2,(H,23,24). The summed E-state index contributed by atoms with van der Waals surface area (Å²) < 4.78 is 28.0. The molecule has 1 N–H and O–H groups in total. The number of hydrogen-bond acceptors (Lipinski definition) is 2. The third-order valence-electron chi connectivity index (χ3n) is 3.66. The molecule has 1 amide bonds. The molecular weight excluding hydrogens is 310 g/mol. The Hall–Kier alpha value is -2.74. The fraction of sp³-hybridized carbons (Fsp3) is 0.263. The maximum absolute atomic E-state index is 14.0. The van der Waals surface area contributed by atoms with Crippen molar-refractivity contribution in [3.05, 3.63) is 65.5 Å². The molecule has 0 unspecified atom stereocenters. The first-order valence-corrected chi connectivity index (χ1v) is 7.74. The highest BCUT2D eigenvalue weighted by Crippen LogP contribution is 2.27. The number of nitrogens with zero attached hydrogens (tertiary/aromatic N) is 1. The largest absolute Gasteiger partial charge is 0.346 e. The molecule has 122 valence electrons. The number of carbonyl (C=O) groups is 1. The second-order valence-corrected chi connectivity index (χ2v) is 5.72. The third kappa shape index (κ3) is 4.17. The SMILES string of the molecule is O=C(NCC(F)(F)c1ccccn1)c1ccc(C#CC2CC2)cc1. The summed E-state index contributed by atoms with van der Waals surface area (Å²) in [6, 6.07) is 10.9. The predicted molar refractivity (Wildman–Crippen MR) is 86.5 cm³/mol. The summed E-state index contributed by atoms with van der Waals surface area (Å²) in [6.45, 7) is -0.800. The molecule has 1 heterocycles. The van der Waals surface area contributed by atoms with E-state index in [0.29, 0.717) is 11.5 Å². The van der Waals surface area contributed by atoms with Crippen molar-refractivity contribution >= 4 is 5.91 Å². The Morgan fingerprint density at radius 2 is 1.96 bits per heavy atom. The average molecular weight is 326 g/mol. The molecular formula is C19H16F2N2O. The molecule has 0 saturated heterocycles. The molecule has 3 rings (SSSR count). The van der Waals surface area contributed by atoms with Gasteiger partial charge in [0.15, 0.2) is 0 Å². The smallest absolute Gasteiger partial charge is 0.306 e. The van der Waals surface area contributed by atoms with E-state index in [-0.39, 0.29) is 5.69 Å². The number of carbonyl (C=O) groups excluding carboxylic acids is 1. The molecule has 1 fully saturated rings. The van der Waals surface area contributed by atoms with Gasteiger partial charge in [-0.2, -0.15) is 8.78 Å². The molecule has 1 aromatic carbocycles. The van der Waals surface area contributed by atoms with Crippen LogP contribution >= 0.6 is 0 Å². The molecule has 1 saturated carbocycles. The van der Waals surface area contributed by atoms with E-state index in [4.69, 9.17) is 0 Å². The van der Waals surface area contributed by atoms with Crippen LogP contribution in [0.5, 0.6) is 0 Å². The molecule has 24 heavy (non-hydrogen) atoms. The highest BCUT2D eigenvalue weighted by atomic mass is 19.3. The van der Waals surface area contributed by atoms with Crippen LogP contribution in [0, 0.1) is 17.8 Å². The van der Waals surface area contributed by atoms with E-state index >= 15 is 0 Å². The Kier molecular flexibility index (Phi) is 4.57. The van der Waals surface area contributed by atoms with Gasteiger partial charge in [0.1, 0.15) is 5.69 Å². The summed E-state index contributed by atoms with van der Waals surface area (Å²) in [4.78, 5) is 15.6. The molecule has 0 bridgehead atoms. The van der Waals surface area contributed by atoms with Gasteiger partial charge in [-0.1, -0.05) is 17.9 Å². The van der Waals surface area contributed by atoms with Crippen LogP contribution < -0.4 is 5.32 Å². The van der Waals surface area contributed by atoms with Crippen molar-refractivity contribution in [3.63, 3.8) is 0 Å². The van der Waals surface area contributed by atoms with Crippen LogP contribution in [0.3, 0.4) is 0 Å². The number of alkyl halides is 2. The summed E-state index contributed by atoms with van der Waals surface area (Å²) in [7, 11) is 0. The van der Waals surface area contributed by atoms with Gasteiger partial charge >= 0.3 is 5.92 Å². The van der Waals surface area contributed by atoms with Crippen molar-refractivity contribution in [1.82, 2.24) is 10.3 Å².